The van der Waals surface area contributed by atoms with Gasteiger partial charge in [-0.1, -0.05) is 19.4 Å². The van der Waals surface area contributed by atoms with E-state index in [0.717, 1.165) is 25.1 Å². The van der Waals surface area contributed by atoms with E-state index < -0.39 is 48.7 Å². The standard InChI is InChI=1S/C28H38N2O11/c1-4-14-11-30-8-7-28(21(30)10-16(14)17(12-37-2)25(34)38-3)18-6-5-15(9-19(18)29-27(28)35)40-26-24(33)23(32)22(31)20(41-26)13-39-36/h5-6,9,12,14,16,20-24,26,31-33,36H,4,7-8,10-11,13H2,1-3H3,(H,29,35). The Hall–Kier alpha value is -2.78. The number of nitrogens with zero attached hydrogens (tertiary/aromatic N) is 1. The molecule has 0 radical (unpaired) electrons. The zero-order valence-corrected chi connectivity index (χ0v) is 23.3. The molecule has 3 fully saturated rings. The largest absolute Gasteiger partial charge is 0.504 e. The molecule has 5 N–H and O–H groups in total. The first-order valence-corrected chi connectivity index (χ1v) is 13.8. The van der Waals surface area contributed by atoms with E-state index in [0.29, 0.717) is 24.1 Å². The lowest BCUT2D eigenvalue weighted by molar-refractivity contribution is -0.318. The number of piperidine rings is 1. The smallest absolute Gasteiger partial charge is 0.337 e. The highest BCUT2D eigenvalue weighted by atomic mass is 17.1. The van der Waals surface area contributed by atoms with Crippen LogP contribution in [0.2, 0.25) is 0 Å². The van der Waals surface area contributed by atoms with E-state index in [1.165, 1.54) is 20.5 Å². The fraction of sp³-hybridized carbons (Fsp3) is 0.643. The minimum Gasteiger partial charge on any atom is -0.504 e. The molecule has 3 saturated heterocycles. The normalized spacial score (nSPS) is 37.0. The molecule has 0 aromatic heterocycles. The summed E-state index contributed by atoms with van der Waals surface area (Å²) in [5.74, 6) is -0.265. The van der Waals surface area contributed by atoms with Crippen molar-refractivity contribution >= 4 is 17.6 Å². The summed E-state index contributed by atoms with van der Waals surface area (Å²) < 4.78 is 21.6. The van der Waals surface area contributed by atoms with Gasteiger partial charge in [0.2, 0.25) is 12.2 Å². The Morgan fingerprint density at radius 3 is 2.68 bits per heavy atom. The van der Waals surface area contributed by atoms with E-state index in [1.807, 2.05) is 6.07 Å². The number of aliphatic hydroxyl groups excluding tert-OH is 3. The summed E-state index contributed by atoms with van der Waals surface area (Å²) in [6.45, 7) is 3.12. The zero-order valence-electron chi connectivity index (χ0n) is 23.3. The fourth-order valence-corrected chi connectivity index (χ4v) is 7.09. The minimum atomic E-state index is -1.59. The van der Waals surface area contributed by atoms with Crippen molar-refractivity contribution in [2.45, 2.75) is 68.3 Å². The van der Waals surface area contributed by atoms with Crippen molar-refractivity contribution in [2.24, 2.45) is 11.8 Å². The number of amides is 1. The molecule has 0 saturated carbocycles. The first-order valence-electron chi connectivity index (χ1n) is 13.8. The minimum absolute atomic E-state index is 0.131. The number of carbonyl (C=O) groups is 2. The molecule has 1 aromatic carbocycles. The number of methoxy groups -OCH3 is 2. The van der Waals surface area contributed by atoms with E-state index in [1.54, 1.807) is 12.1 Å². The average Bonchev–Trinajstić information content (AvgIpc) is 3.48. The molecule has 0 aliphatic carbocycles. The van der Waals surface area contributed by atoms with Crippen molar-refractivity contribution in [1.29, 1.82) is 0 Å². The van der Waals surface area contributed by atoms with Gasteiger partial charge in [-0.3, -0.25) is 15.0 Å². The maximum Gasteiger partial charge on any atom is 0.337 e. The molecule has 4 heterocycles. The van der Waals surface area contributed by atoms with Gasteiger partial charge < -0.3 is 39.6 Å². The number of nitrogens with one attached hydrogen (secondary N) is 1. The van der Waals surface area contributed by atoms with Crippen LogP contribution in [0.3, 0.4) is 0 Å². The fourth-order valence-electron chi connectivity index (χ4n) is 7.09. The molecule has 1 spiro atoms. The van der Waals surface area contributed by atoms with Crippen LogP contribution in [0.5, 0.6) is 5.75 Å². The van der Waals surface area contributed by atoms with Gasteiger partial charge in [0.05, 0.1) is 31.5 Å². The maximum atomic E-state index is 13.7. The van der Waals surface area contributed by atoms with E-state index >= 15 is 0 Å². The second-order valence-electron chi connectivity index (χ2n) is 11.1. The van der Waals surface area contributed by atoms with E-state index in [2.05, 4.69) is 22.0 Å². The van der Waals surface area contributed by atoms with Crippen LogP contribution in [0.4, 0.5) is 5.69 Å². The predicted octanol–water partition coefficient (Wildman–Crippen LogP) is 0.376. The topological polar surface area (TPSA) is 176 Å². The van der Waals surface area contributed by atoms with Gasteiger partial charge in [0.15, 0.2) is 0 Å². The van der Waals surface area contributed by atoms with Gasteiger partial charge in [0, 0.05) is 24.3 Å². The van der Waals surface area contributed by atoms with Crippen molar-refractivity contribution in [3.8, 4) is 5.75 Å². The Morgan fingerprint density at radius 1 is 1.22 bits per heavy atom. The molecule has 1 amide bonds. The summed E-state index contributed by atoms with van der Waals surface area (Å²) in [5, 5.41) is 42.5. The lowest BCUT2D eigenvalue weighted by Crippen LogP contribution is -2.60. The summed E-state index contributed by atoms with van der Waals surface area (Å²) in [7, 11) is 2.84. The summed E-state index contributed by atoms with van der Waals surface area (Å²) in [4.78, 5) is 32.8. The maximum absolute atomic E-state index is 13.7. The Balaban J connectivity index is 1.41. The average molecular weight is 579 g/mol. The predicted molar refractivity (Wildman–Crippen MR) is 142 cm³/mol. The number of rotatable bonds is 8. The molecule has 226 valence electrons. The second kappa shape index (κ2) is 11.8. The lowest BCUT2D eigenvalue weighted by atomic mass is 9.67. The van der Waals surface area contributed by atoms with Crippen LogP contribution in [0.25, 0.3) is 0 Å². The van der Waals surface area contributed by atoms with Gasteiger partial charge in [-0.25, -0.2) is 9.68 Å². The van der Waals surface area contributed by atoms with Crippen molar-refractivity contribution in [3.63, 3.8) is 0 Å². The Labute approximate surface area is 237 Å². The quantitative estimate of drug-likeness (QED) is 0.0944. The van der Waals surface area contributed by atoms with Crippen molar-refractivity contribution in [3.05, 3.63) is 35.6 Å². The van der Waals surface area contributed by atoms with E-state index in [9.17, 15) is 24.9 Å². The van der Waals surface area contributed by atoms with Crippen LogP contribution >= 0.6 is 0 Å². The molecule has 13 heteroatoms. The first kappa shape index (κ1) is 29.7. The molecular formula is C28H38N2O11. The van der Waals surface area contributed by atoms with Crippen LogP contribution < -0.4 is 10.1 Å². The number of hydrogen-bond donors (Lipinski definition) is 5. The summed E-state index contributed by atoms with van der Waals surface area (Å²) in [6, 6.07) is 4.95. The highest BCUT2D eigenvalue weighted by Gasteiger charge is 2.60. The van der Waals surface area contributed by atoms with Crippen molar-refractivity contribution in [1.82, 2.24) is 4.90 Å². The van der Waals surface area contributed by atoms with Crippen LogP contribution in [-0.4, -0.2) is 108 Å². The molecule has 4 aliphatic rings. The van der Waals surface area contributed by atoms with Crippen molar-refractivity contribution < 1.29 is 54.0 Å². The third-order valence-corrected chi connectivity index (χ3v) is 9.19. The third-order valence-electron chi connectivity index (χ3n) is 9.19. The number of aliphatic hydroxyl groups is 3. The highest BCUT2D eigenvalue weighted by Crippen LogP contribution is 2.53. The zero-order chi connectivity index (χ0) is 29.5. The number of ether oxygens (including phenoxy) is 4. The van der Waals surface area contributed by atoms with Gasteiger partial charge in [-0.15, -0.1) is 0 Å². The molecule has 5 rings (SSSR count). The number of anilines is 1. The van der Waals surface area contributed by atoms with Crippen LogP contribution in [-0.2, 0) is 34.1 Å². The first-order chi connectivity index (χ1) is 19.7. The Bertz CT molecular complexity index is 1180. The third kappa shape index (κ3) is 4.99. The molecule has 4 aliphatic heterocycles. The number of esters is 1. The monoisotopic (exact) mass is 578 g/mol. The van der Waals surface area contributed by atoms with E-state index in [4.69, 9.17) is 24.2 Å². The molecule has 0 bridgehead atoms. The number of benzene rings is 1. The van der Waals surface area contributed by atoms with Gasteiger partial charge >= 0.3 is 5.97 Å². The molecule has 1 aromatic rings. The van der Waals surface area contributed by atoms with Crippen LogP contribution in [0.15, 0.2) is 30.0 Å². The van der Waals surface area contributed by atoms with Gasteiger partial charge in [0.25, 0.3) is 0 Å². The number of hydrogen-bond acceptors (Lipinski definition) is 12. The van der Waals surface area contributed by atoms with Crippen molar-refractivity contribution in [2.75, 3.05) is 39.2 Å². The SMILES string of the molecule is CCC1CN2CCC3(C(=O)Nc4cc(OC5OC(COO)C(O)C(O)C5O)ccc43)C2CC1C(=COC)C(=O)OC. The second-order valence-corrected chi connectivity index (χ2v) is 11.1. The van der Waals surface area contributed by atoms with Crippen LogP contribution in [0.1, 0.15) is 31.7 Å². The number of carbonyl (C=O) groups excluding carboxylic acids is 2. The molecule has 13 nitrogen and oxygen atoms in total. The summed E-state index contributed by atoms with van der Waals surface area (Å²) in [6.07, 6.45) is -3.68. The van der Waals surface area contributed by atoms with Gasteiger partial charge in [0.1, 0.15) is 36.8 Å². The Kier molecular flexibility index (Phi) is 8.58. The lowest BCUT2D eigenvalue weighted by Gasteiger charge is -2.45. The Morgan fingerprint density at radius 2 is 2.00 bits per heavy atom. The molecule has 9 unspecified atom stereocenters. The molecule has 9 atom stereocenters. The van der Waals surface area contributed by atoms with E-state index in [-0.39, 0.29) is 29.5 Å². The van der Waals surface area contributed by atoms with Gasteiger partial charge in [-0.2, -0.15) is 0 Å². The summed E-state index contributed by atoms with van der Waals surface area (Å²) in [5.41, 5.74) is 1.02. The molecule has 41 heavy (non-hydrogen) atoms. The number of fused-ring (bicyclic) bond motifs is 4. The highest BCUT2D eigenvalue weighted by molar-refractivity contribution is 6.07. The molecular weight excluding hydrogens is 540 g/mol. The summed E-state index contributed by atoms with van der Waals surface area (Å²) >= 11 is 0. The van der Waals surface area contributed by atoms with Crippen LogP contribution in [0, 0.1) is 11.8 Å². The van der Waals surface area contributed by atoms with Gasteiger partial charge in [-0.05, 0) is 42.9 Å².